The van der Waals surface area contributed by atoms with Gasteiger partial charge in [0.25, 0.3) is 5.56 Å². The van der Waals surface area contributed by atoms with Crippen LogP contribution in [0, 0.1) is 5.92 Å². The zero-order valence-electron chi connectivity index (χ0n) is 17.7. The van der Waals surface area contributed by atoms with Gasteiger partial charge in [-0.1, -0.05) is 12.1 Å². The minimum absolute atomic E-state index is 0.0323. The summed E-state index contributed by atoms with van der Waals surface area (Å²) in [6, 6.07) is 5.26. The van der Waals surface area contributed by atoms with E-state index in [1.165, 1.54) is 17.7 Å². The molecule has 2 fully saturated rings. The Labute approximate surface area is 180 Å². The molecule has 5 rings (SSSR count). The average molecular weight is 448 g/mol. The summed E-state index contributed by atoms with van der Waals surface area (Å²) < 4.78 is 43.8. The van der Waals surface area contributed by atoms with Crippen LogP contribution < -0.4 is 21.5 Å². The molecule has 8 nitrogen and oxygen atoms in total. The molecule has 1 aromatic carbocycles. The molecule has 2 saturated heterocycles. The highest BCUT2D eigenvalue weighted by atomic mass is 19.4. The Morgan fingerprint density at radius 3 is 2.69 bits per heavy atom. The predicted molar refractivity (Wildman–Crippen MR) is 113 cm³/mol. The number of aromatic nitrogens is 4. The van der Waals surface area contributed by atoms with E-state index in [-0.39, 0.29) is 23.8 Å². The number of alkyl halides is 3. The quantitative estimate of drug-likeness (QED) is 0.654. The van der Waals surface area contributed by atoms with Crippen molar-refractivity contribution in [1.29, 1.82) is 0 Å². The maximum Gasteiger partial charge on any atom is 0.416 e. The minimum Gasteiger partial charge on any atom is -0.338 e. The van der Waals surface area contributed by atoms with Crippen molar-refractivity contribution in [1.82, 2.24) is 24.0 Å². The highest BCUT2D eigenvalue weighted by Crippen LogP contribution is 2.34. The normalized spacial score (nSPS) is 21.0. The largest absolute Gasteiger partial charge is 0.416 e. The second-order valence-corrected chi connectivity index (χ2v) is 8.54. The van der Waals surface area contributed by atoms with Gasteiger partial charge in [0.1, 0.15) is 0 Å². The summed E-state index contributed by atoms with van der Waals surface area (Å²) in [5.74, 6) is 0.954. The van der Waals surface area contributed by atoms with Crippen LogP contribution in [0.15, 0.2) is 33.9 Å². The number of rotatable bonds is 3. The molecule has 2 aromatic heterocycles. The Morgan fingerprint density at radius 1 is 1.16 bits per heavy atom. The van der Waals surface area contributed by atoms with Gasteiger partial charge in [-0.25, -0.2) is 4.79 Å². The van der Waals surface area contributed by atoms with Crippen molar-refractivity contribution >= 4 is 17.1 Å². The lowest BCUT2D eigenvalue weighted by Gasteiger charge is -2.25. The summed E-state index contributed by atoms with van der Waals surface area (Å²) in [6.45, 7) is 2.44. The number of fused-ring (bicyclic) bond motifs is 2. The molecule has 0 bridgehead atoms. The number of nitrogens with zero attached hydrogens (tertiary/aromatic N) is 5. The van der Waals surface area contributed by atoms with E-state index in [0.29, 0.717) is 17.4 Å². The first-order valence-corrected chi connectivity index (χ1v) is 10.5. The van der Waals surface area contributed by atoms with Gasteiger partial charge in [-0.2, -0.15) is 18.2 Å². The maximum absolute atomic E-state index is 13.3. The van der Waals surface area contributed by atoms with E-state index >= 15 is 0 Å². The number of hydrogen-bond donors (Lipinski definition) is 1. The van der Waals surface area contributed by atoms with Crippen molar-refractivity contribution in [3.8, 4) is 0 Å². The number of hydrogen-bond acceptors (Lipinski definition) is 5. The molecule has 4 heterocycles. The minimum atomic E-state index is -4.46. The Bertz CT molecular complexity index is 1320. The summed E-state index contributed by atoms with van der Waals surface area (Å²) in [5, 5.41) is 3.37. The van der Waals surface area contributed by atoms with Crippen LogP contribution in [-0.4, -0.2) is 44.4 Å². The molecule has 2 unspecified atom stereocenters. The van der Waals surface area contributed by atoms with Crippen molar-refractivity contribution in [2.45, 2.75) is 25.2 Å². The molecule has 0 spiro atoms. The van der Waals surface area contributed by atoms with Gasteiger partial charge in [-0.15, -0.1) is 0 Å². The molecule has 2 atom stereocenters. The zero-order chi connectivity index (χ0) is 22.8. The second-order valence-electron chi connectivity index (χ2n) is 8.54. The van der Waals surface area contributed by atoms with Crippen molar-refractivity contribution in [3.63, 3.8) is 0 Å². The van der Waals surface area contributed by atoms with Gasteiger partial charge in [0, 0.05) is 39.8 Å². The van der Waals surface area contributed by atoms with Crippen LogP contribution >= 0.6 is 0 Å². The SMILES string of the molecule is Cn1c(=O)c2c(nc(N3CCC4CNCC43)n2Cc2cccc(C(F)(F)F)c2)n(C)c1=O. The van der Waals surface area contributed by atoms with E-state index in [1.54, 1.807) is 17.7 Å². The van der Waals surface area contributed by atoms with Crippen LogP contribution in [0.4, 0.5) is 19.1 Å². The van der Waals surface area contributed by atoms with E-state index in [9.17, 15) is 22.8 Å². The van der Waals surface area contributed by atoms with Gasteiger partial charge < -0.3 is 10.2 Å². The zero-order valence-corrected chi connectivity index (χ0v) is 17.7. The highest BCUT2D eigenvalue weighted by molar-refractivity contribution is 5.75. The van der Waals surface area contributed by atoms with Crippen LogP contribution in [0.1, 0.15) is 17.5 Å². The van der Waals surface area contributed by atoms with Crippen LogP contribution in [0.5, 0.6) is 0 Å². The fourth-order valence-corrected chi connectivity index (χ4v) is 4.93. The van der Waals surface area contributed by atoms with E-state index < -0.39 is 23.0 Å². The third-order valence-corrected chi connectivity index (χ3v) is 6.62. The smallest absolute Gasteiger partial charge is 0.338 e. The Kier molecular flexibility index (Phi) is 4.70. The molecular formula is C21H23F3N6O2. The van der Waals surface area contributed by atoms with Crippen molar-refractivity contribution in [2.24, 2.45) is 20.0 Å². The monoisotopic (exact) mass is 448 g/mol. The van der Waals surface area contributed by atoms with Crippen molar-refractivity contribution in [3.05, 3.63) is 56.2 Å². The van der Waals surface area contributed by atoms with Gasteiger partial charge in [0.2, 0.25) is 5.95 Å². The first-order valence-electron chi connectivity index (χ1n) is 10.5. The molecule has 0 saturated carbocycles. The van der Waals surface area contributed by atoms with E-state index in [0.717, 1.165) is 42.8 Å². The molecule has 32 heavy (non-hydrogen) atoms. The van der Waals surface area contributed by atoms with Gasteiger partial charge in [-0.3, -0.25) is 18.5 Å². The fraction of sp³-hybridized carbons (Fsp3) is 0.476. The number of halogens is 3. The highest BCUT2D eigenvalue weighted by Gasteiger charge is 2.40. The summed E-state index contributed by atoms with van der Waals surface area (Å²) in [4.78, 5) is 32.3. The van der Waals surface area contributed by atoms with Gasteiger partial charge >= 0.3 is 11.9 Å². The van der Waals surface area contributed by atoms with E-state index in [4.69, 9.17) is 0 Å². The summed E-state index contributed by atoms with van der Waals surface area (Å²) in [7, 11) is 2.93. The number of benzene rings is 1. The van der Waals surface area contributed by atoms with Gasteiger partial charge in [0.15, 0.2) is 11.2 Å². The topological polar surface area (TPSA) is 77.1 Å². The van der Waals surface area contributed by atoms with Crippen LogP contribution in [0.3, 0.4) is 0 Å². The molecule has 3 aromatic rings. The van der Waals surface area contributed by atoms with E-state index in [1.807, 2.05) is 0 Å². The van der Waals surface area contributed by atoms with Gasteiger partial charge in [-0.05, 0) is 30.0 Å². The van der Waals surface area contributed by atoms with Gasteiger partial charge in [0.05, 0.1) is 12.1 Å². The molecule has 0 radical (unpaired) electrons. The lowest BCUT2D eigenvalue weighted by molar-refractivity contribution is -0.137. The Hall–Kier alpha value is -3.08. The summed E-state index contributed by atoms with van der Waals surface area (Å²) in [6.07, 6.45) is -3.51. The molecule has 1 N–H and O–H groups in total. The number of aryl methyl sites for hydroxylation is 1. The van der Waals surface area contributed by atoms with E-state index in [2.05, 4.69) is 15.2 Å². The summed E-state index contributed by atoms with van der Waals surface area (Å²) >= 11 is 0. The summed E-state index contributed by atoms with van der Waals surface area (Å²) in [5.41, 5.74) is -0.932. The third kappa shape index (κ3) is 3.14. The van der Waals surface area contributed by atoms with Crippen LogP contribution in [-0.2, 0) is 26.8 Å². The Balaban J connectivity index is 1.71. The lowest BCUT2D eigenvalue weighted by atomic mass is 10.1. The second kappa shape index (κ2) is 7.22. The first kappa shape index (κ1) is 20.8. The fourth-order valence-electron chi connectivity index (χ4n) is 4.93. The standard InChI is InChI=1S/C21H23F3N6O2/c1-27-17-16(18(31)28(2)20(27)32)30(11-12-4-3-5-14(8-12)21(22,23)24)19(26-17)29-7-6-13-9-25-10-15(13)29/h3-5,8,13,15,25H,6-7,9-11H2,1-2H3. The first-order chi connectivity index (χ1) is 15.2. The molecule has 2 aliphatic rings. The number of anilines is 1. The molecular weight excluding hydrogens is 425 g/mol. The molecule has 0 amide bonds. The van der Waals surface area contributed by atoms with Crippen molar-refractivity contribution in [2.75, 3.05) is 24.5 Å². The predicted octanol–water partition coefficient (Wildman–Crippen LogP) is 1.30. The van der Waals surface area contributed by atoms with Crippen molar-refractivity contribution < 1.29 is 13.2 Å². The average Bonchev–Trinajstić information content (AvgIpc) is 3.45. The third-order valence-electron chi connectivity index (χ3n) is 6.62. The molecule has 0 aliphatic carbocycles. The molecule has 2 aliphatic heterocycles. The number of imidazole rings is 1. The number of nitrogens with one attached hydrogen (secondary N) is 1. The Morgan fingerprint density at radius 2 is 1.94 bits per heavy atom. The maximum atomic E-state index is 13.3. The van der Waals surface area contributed by atoms with Crippen LogP contribution in [0.25, 0.3) is 11.2 Å². The molecule has 170 valence electrons. The lowest BCUT2D eigenvalue weighted by Crippen LogP contribution is -2.38. The van der Waals surface area contributed by atoms with Crippen LogP contribution in [0.2, 0.25) is 0 Å². The molecule has 11 heteroatoms.